The average Bonchev–Trinajstić information content (AvgIpc) is 3.39. The molecule has 0 fully saturated rings. The van der Waals surface area contributed by atoms with E-state index >= 15 is 0 Å². The number of rotatable bonds is 7. The van der Waals surface area contributed by atoms with Crippen LogP contribution in [0.4, 0.5) is 11.4 Å². The topological polar surface area (TPSA) is 6.25 Å². The van der Waals surface area contributed by atoms with E-state index in [-0.39, 0.29) is 10.8 Å². The second-order valence-electron chi connectivity index (χ2n) is 13.3. The maximum Gasteiger partial charge on any atom is 0.210 e. The monoisotopic (exact) mass is 575 g/mol. The molecule has 0 radical (unpaired) electrons. The lowest BCUT2D eigenvalue weighted by Gasteiger charge is -2.29. The summed E-state index contributed by atoms with van der Waals surface area (Å²) in [7, 11) is 2.24. The summed E-state index contributed by atoms with van der Waals surface area (Å²) in [5, 5.41) is 5.33. The average molecular weight is 576 g/mol. The van der Waals surface area contributed by atoms with E-state index < -0.39 is 0 Å². The van der Waals surface area contributed by atoms with Gasteiger partial charge in [0.15, 0.2) is 5.71 Å². The van der Waals surface area contributed by atoms with Crippen LogP contribution in [0.1, 0.15) is 57.2 Å². The highest BCUT2D eigenvalue weighted by Crippen LogP contribution is 2.52. The van der Waals surface area contributed by atoms with E-state index in [1.165, 1.54) is 73.9 Å². The lowest BCUT2D eigenvalue weighted by atomic mass is 9.74. The predicted molar refractivity (Wildman–Crippen MR) is 189 cm³/mol. The van der Waals surface area contributed by atoms with Crippen molar-refractivity contribution in [2.45, 2.75) is 57.8 Å². The minimum absolute atomic E-state index is 0.104. The van der Waals surface area contributed by atoms with Crippen LogP contribution in [0.2, 0.25) is 0 Å². The fraction of sp³-hybridized carbons (Fsp3) is 0.262. The Balaban J connectivity index is 1.36. The third kappa shape index (κ3) is 4.42. The standard InChI is InChI=1S/C42H43N2/c1-6-7-28-44-36-27-25-31-18-11-13-20-33(31)39(36)41(2,3)37(44)22-15-23-38-42(4,29-30-16-9-8-10-17-30)40-34-21-14-12-19-32(34)24-26-35(40)43(38)5/h8-27H,6-7,28-29H2,1-5H3/q+1. The molecule has 0 bridgehead atoms. The van der Waals surface area contributed by atoms with Crippen molar-refractivity contribution in [3.63, 3.8) is 0 Å². The third-order valence-electron chi connectivity index (χ3n) is 10.1. The van der Waals surface area contributed by atoms with Gasteiger partial charge in [-0.2, -0.15) is 4.58 Å². The first-order valence-electron chi connectivity index (χ1n) is 16.2. The summed E-state index contributed by atoms with van der Waals surface area (Å²) in [5.41, 5.74) is 9.34. The summed E-state index contributed by atoms with van der Waals surface area (Å²) in [4.78, 5) is 2.43. The largest absolute Gasteiger partial charge is 0.347 e. The summed E-state index contributed by atoms with van der Waals surface area (Å²) >= 11 is 0. The molecule has 7 rings (SSSR count). The van der Waals surface area contributed by atoms with Gasteiger partial charge in [0.25, 0.3) is 0 Å². The second kappa shape index (κ2) is 10.9. The van der Waals surface area contributed by atoms with Gasteiger partial charge in [-0.05, 0) is 78.1 Å². The minimum atomic E-state index is -0.173. The Morgan fingerprint density at radius 1 is 0.727 bits per heavy atom. The molecule has 0 saturated heterocycles. The van der Waals surface area contributed by atoms with E-state index in [1.54, 1.807) is 0 Å². The molecule has 2 nitrogen and oxygen atoms in total. The molecule has 1 unspecified atom stereocenters. The van der Waals surface area contributed by atoms with Crippen molar-refractivity contribution in [1.29, 1.82) is 0 Å². The molecule has 5 aromatic rings. The van der Waals surface area contributed by atoms with E-state index in [0.717, 1.165) is 13.0 Å². The highest BCUT2D eigenvalue weighted by molar-refractivity contribution is 6.07. The number of hydrogen-bond donors (Lipinski definition) is 0. The molecule has 0 N–H and O–H groups in total. The van der Waals surface area contributed by atoms with Crippen LogP contribution in [-0.2, 0) is 17.3 Å². The number of unbranched alkanes of at least 4 members (excludes halogenated alkanes) is 1. The van der Waals surface area contributed by atoms with Gasteiger partial charge >= 0.3 is 0 Å². The fourth-order valence-corrected chi connectivity index (χ4v) is 8.05. The highest BCUT2D eigenvalue weighted by Gasteiger charge is 2.46. The molecule has 2 heterocycles. The normalized spacial score (nSPS) is 19.9. The second-order valence-corrected chi connectivity index (χ2v) is 13.3. The van der Waals surface area contributed by atoms with Crippen LogP contribution >= 0.6 is 0 Å². The molecule has 0 saturated carbocycles. The van der Waals surface area contributed by atoms with Gasteiger partial charge in [-0.3, -0.25) is 0 Å². The van der Waals surface area contributed by atoms with E-state index in [1.807, 2.05) is 0 Å². The number of hydrogen-bond acceptors (Lipinski definition) is 1. The van der Waals surface area contributed by atoms with E-state index in [9.17, 15) is 0 Å². The molecule has 0 aliphatic carbocycles. The maximum atomic E-state index is 2.59. The molecule has 2 aliphatic rings. The zero-order valence-corrected chi connectivity index (χ0v) is 26.8. The van der Waals surface area contributed by atoms with Gasteiger partial charge in [0.05, 0.1) is 5.41 Å². The zero-order chi connectivity index (χ0) is 30.5. The van der Waals surface area contributed by atoms with Crippen LogP contribution in [-0.4, -0.2) is 23.9 Å². The first-order chi connectivity index (χ1) is 21.3. The first kappa shape index (κ1) is 28.3. The number of fused-ring (bicyclic) bond motifs is 6. The molecular formula is C42H43N2+. The molecule has 2 aliphatic heterocycles. The Labute approximate surface area is 262 Å². The van der Waals surface area contributed by atoms with Crippen molar-refractivity contribution in [1.82, 2.24) is 0 Å². The summed E-state index contributed by atoms with van der Waals surface area (Å²) in [5.74, 6) is 0. The molecular weight excluding hydrogens is 532 g/mol. The van der Waals surface area contributed by atoms with E-state index in [2.05, 4.69) is 166 Å². The zero-order valence-electron chi connectivity index (χ0n) is 26.8. The lowest BCUT2D eigenvalue weighted by molar-refractivity contribution is -0.438. The number of allylic oxidation sites excluding steroid dienone is 4. The summed E-state index contributed by atoms with van der Waals surface area (Å²) in [6, 6.07) is 37.9. The van der Waals surface area contributed by atoms with Crippen LogP contribution < -0.4 is 4.90 Å². The molecule has 0 spiro atoms. The quantitative estimate of drug-likeness (QED) is 0.175. The Morgan fingerprint density at radius 2 is 1.36 bits per heavy atom. The van der Waals surface area contributed by atoms with Crippen molar-refractivity contribution in [2.24, 2.45) is 0 Å². The highest BCUT2D eigenvalue weighted by atomic mass is 15.2. The van der Waals surface area contributed by atoms with Gasteiger partial charge in [0.1, 0.15) is 6.54 Å². The molecule has 0 amide bonds. The van der Waals surface area contributed by atoms with Crippen LogP contribution in [0.25, 0.3) is 21.5 Å². The van der Waals surface area contributed by atoms with Crippen molar-refractivity contribution < 1.29 is 4.58 Å². The first-order valence-corrected chi connectivity index (χ1v) is 16.2. The molecule has 44 heavy (non-hydrogen) atoms. The van der Waals surface area contributed by atoms with Gasteiger partial charge < -0.3 is 4.90 Å². The van der Waals surface area contributed by atoms with Gasteiger partial charge in [-0.15, -0.1) is 0 Å². The molecule has 5 aromatic carbocycles. The van der Waals surface area contributed by atoms with Crippen LogP contribution in [0.15, 0.2) is 127 Å². The Morgan fingerprint density at radius 3 is 2.07 bits per heavy atom. The van der Waals surface area contributed by atoms with Crippen molar-refractivity contribution in [2.75, 3.05) is 18.5 Å². The molecule has 220 valence electrons. The SMILES string of the molecule is CCCC[N+]1=C(C=CC=C2N(C)c3ccc4ccccc4c3C2(C)Cc2ccccc2)C(C)(C)c2c1ccc1ccccc21. The van der Waals surface area contributed by atoms with Gasteiger partial charge in [0.2, 0.25) is 5.69 Å². The molecule has 0 aromatic heterocycles. The smallest absolute Gasteiger partial charge is 0.210 e. The summed E-state index contributed by atoms with van der Waals surface area (Å²) in [6.07, 6.45) is 10.4. The van der Waals surface area contributed by atoms with Crippen molar-refractivity contribution in [3.8, 4) is 0 Å². The Kier molecular flexibility index (Phi) is 7.04. The van der Waals surface area contributed by atoms with Crippen LogP contribution in [0.3, 0.4) is 0 Å². The fourth-order valence-electron chi connectivity index (χ4n) is 8.05. The molecule has 1 atom stereocenters. The van der Waals surface area contributed by atoms with Gasteiger partial charge in [0, 0.05) is 48.0 Å². The van der Waals surface area contributed by atoms with Crippen LogP contribution in [0, 0.1) is 0 Å². The summed E-state index contributed by atoms with van der Waals surface area (Å²) < 4.78 is 2.59. The number of benzene rings is 5. The molecule has 2 heteroatoms. The van der Waals surface area contributed by atoms with Gasteiger partial charge in [-0.1, -0.05) is 104 Å². The number of nitrogens with zero attached hydrogens (tertiary/aromatic N) is 2. The van der Waals surface area contributed by atoms with Gasteiger partial charge in [-0.25, -0.2) is 0 Å². The van der Waals surface area contributed by atoms with Crippen molar-refractivity contribution in [3.05, 3.63) is 144 Å². The van der Waals surface area contributed by atoms with E-state index in [4.69, 9.17) is 0 Å². The third-order valence-corrected chi connectivity index (χ3v) is 10.1. The van der Waals surface area contributed by atoms with Crippen LogP contribution in [0.5, 0.6) is 0 Å². The van der Waals surface area contributed by atoms with E-state index in [0.29, 0.717) is 0 Å². The lowest BCUT2D eigenvalue weighted by Crippen LogP contribution is -2.29. The predicted octanol–water partition coefficient (Wildman–Crippen LogP) is 10.3. The maximum absolute atomic E-state index is 2.59. The number of likely N-dealkylation sites (N-methyl/N-ethyl adjacent to an activating group) is 1. The Bertz CT molecular complexity index is 1970. The number of anilines is 1. The minimum Gasteiger partial charge on any atom is -0.347 e. The van der Waals surface area contributed by atoms with Crippen molar-refractivity contribution >= 4 is 38.6 Å². The summed E-state index contributed by atoms with van der Waals surface area (Å²) in [6.45, 7) is 10.6. The Hall–Kier alpha value is -4.43.